The molecule has 3 nitrogen and oxygen atoms in total. The van der Waals surface area contributed by atoms with Crippen molar-refractivity contribution >= 4 is 29.9 Å². The van der Waals surface area contributed by atoms with Gasteiger partial charge in [0, 0.05) is 19.6 Å². The molecule has 0 bridgehead atoms. The highest BCUT2D eigenvalue weighted by molar-refractivity contribution is 14.0. The average molecular weight is 365 g/mol. The minimum Gasteiger partial charge on any atom is -0.357 e. The van der Waals surface area contributed by atoms with E-state index in [0.29, 0.717) is 5.41 Å². The van der Waals surface area contributed by atoms with Crippen LogP contribution in [0.5, 0.6) is 0 Å². The Morgan fingerprint density at radius 2 is 1.94 bits per heavy atom. The summed E-state index contributed by atoms with van der Waals surface area (Å²) in [5.74, 6) is 2.03. The summed E-state index contributed by atoms with van der Waals surface area (Å²) in [6.07, 6.45) is 8.19. The fourth-order valence-corrected chi connectivity index (χ4v) is 2.51. The van der Waals surface area contributed by atoms with E-state index in [1.807, 2.05) is 0 Å². The SMILES string of the molecule is CCCCNC(=NCC1(C2CC2)CC1)NCC.I. The lowest BCUT2D eigenvalue weighted by Crippen LogP contribution is -2.38. The molecule has 0 saturated heterocycles. The predicted molar refractivity (Wildman–Crippen MR) is 88.7 cm³/mol. The van der Waals surface area contributed by atoms with Crippen molar-refractivity contribution in [2.24, 2.45) is 16.3 Å². The van der Waals surface area contributed by atoms with Crippen molar-refractivity contribution in [1.29, 1.82) is 0 Å². The maximum Gasteiger partial charge on any atom is 0.191 e. The topological polar surface area (TPSA) is 36.4 Å². The van der Waals surface area contributed by atoms with E-state index < -0.39 is 0 Å². The number of nitrogens with one attached hydrogen (secondary N) is 2. The molecule has 0 aromatic carbocycles. The average Bonchev–Trinajstić information content (AvgIpc) is 3.16. The van der Waals surface area contributed by atoms with Crippen LogP contribution in [0.1, 0.15) is 52.4 Å². The number of hydrogen-bond acceptors (Lipinski definition) is 1. The van der Waals surface area contributed by atoms with Gasteiger partial charge in [-0.05, 0) is 50.4 Å². The molecule has 2 aliphatic rings. The zero-order chi connectivity index (χ0) is 12.1. The van der Waals surface area contributed by atoms with Crippen LogP contribution in [-0.2, 0) is 0 Å². The van der Waals surface area contributed by atoms with Crippen molar-refractivity contribution in [2.45, 2.75) is 52.4 Å². The molecule has 18 heavy (non-hydrogen) atoms. The summed E-state index contributed by atoms with van der Waals surface area (Å²) in [5.41, 5.74) is 0.618. The van der Waals surface area contributed by atoms with Gasteiger partial charge < -0.3 is 10.6 Å². The Balaban J connectivity index is 0.00000162. The molecule has 0 spiro atoms. The van der Waals surface area contributed by atoms with Crippen LogP contribution in [-0.4, -0.2) is 25.6 Å². The first kappa shape index (κ1) is 16.1. The third kappa shape index (κ3) is 4.59. The van der Waals surface area contributed by atoms with Crippen molar-refractivity contribution in [2.75, 3.05) is 19.6 Å². The largest absolute Gasteiger partial charge is 0.357 e. The van der Waals surface area contributed by atoms with Gasteiger partial charge in [0.1, 0.15) is 0 Å². The van der Waals surface area contributed by atoms with Gasteiger partial charge in [0.25, 0.3) is 0 Å². The van der Waals surface area contributed by atoms with Gasteiger partial charge in [-0.25, -0.2) is 0 Å². The number of unbranched alkanes of at least 4 members (excludes halogenated alkanes) is 1. The third-order valence-electron chi connectivity index (χ3n) is 4.05. The highest BCUT2D eigenvalue weighted by atomic mass is 127. The summed E-state index contributed by atoms with van der Waals surface area (Å²) >= 11 is 0. The first-order valence-electron chi connectivity index (χ1n) is 7.33. The van der Waals surface area contributed by atoms with Gasteiger partial charge in [-0.1, -0.05) is 13.3 Å². The number of rotatable bonds is 7. The molecule has 0 aromatic rings. The molecule has 0 aromatic heterocycles. The molecule has 0 radical (unpaired) electrons. The number of halogens is 1. The molecule has 0 aliphatic heterocycles. The van der Waals surface area contributed by atoms with Crippen LogP contribution in [0.4, 0.5) is 0 Å². The highest BCUT2D eigenvalue weighted by Gasteiger charge is 2.53. The summed E-state index contributed by atoms with van der Waals surface area (Å²) in [6.45, 7) is 7.38. The maximum absolute atomic E-state index is 4.78. The molecule has 0 atom stereocenters. The minimum atomic E-state index is 0. The molecule has 2 fully saturated rings. The molecule has 2 saturated carbocycles. The van der Waals surface area contributed by atoms with Crippen molar-refractivity contribution < 1.29 is 0 Å². The van der Waals surface area contributed by atoms with Crippen LogP contribution < -0.4 is 10.6 Å². The van der Waals surface area contributed by atoms with Gasteiger partial charge in [-0.15, -0.1) is 24.0 Å². The molecule has 0 heterocycles. The molecular weight excluding hydrogens is 337 g/mol. The van der Waals surface area contributed by atoms with Crippen LogP contribution in [0.2, 0.25) is 0 Å². The smallest absolute Gasteiger partial charge is 0.191 e. The Morgan fingerprint density at radius 3 is 2.44 bits per heavy atom. The van der Waals surface area contributed by atoms with Gasteiger partial charge in [0.2, 0.25) is 0 Å². The summed E-state index contributed by atoms with van der Waals surface area (Å²) in [7, 11) is 0. The predicted octanol–water partition coefficient (Wildman–Crippen LogP) is 3.15. The molecule has 2 N–H and O–H groups in total. The van der Waals surface area contributed by atoms with Crippen LogP contribution in [0, 0.1) is 11.3 Å². The molecule has 106 valence electrons. The summed E-state index contributed by atoms with van der Waals surface area (Å²) in [5, 5.41) is 6.76. The normalized spacial score (nSPS) is 21.1. The number of hydrogen-bond donors (Lipinski definition) is 2. The number of guanidine groups is 1. The first-order valence-corrected chi connectivity index (χ1v) is 7.33. The maximum atomic E-state index is 4.78. The summed E-state index contributed by atoms with van der Waals surface area (Å²) in [6, 6.07) is 0. The Kier molecular flexibility index (Phi) is 6.74. The highest BCUT2D eigenvalue weighted by Crippen LogP contribution is 2.61. The van der Waals surface area contributed by atoms with Crippen molar-refractivity contribution in [3.05, 3.63) is 0 Å². The number of aliphatic imine (C=N–C) groups is 1. The molecule has 4 heteroatoms. The first-order chi connectivity index (χ1) is 8.30. The summed E-state index contributed by atoms with van der Waals surface area (Å²) in [4.78, 5) is 4.78. The fraction of sp³-hybridized carbons (Fsp3) is 0.929. The van der Waals surface area contributed by atoms with Gasteiger partial charge in [-0.3, -0.25) is 4.99 Å². The van der Waals surface area contributed by atoms with Crippen molar-refractivity contribution in [3.63, 3.8) is 0 Å². The van der Waals surface area contributed by atoms with E-state index in [-0.39, 0.29) is 24.0 Å². The minimum absolute atomic E-state index is 0. The van der Waals surface area contributed by atoms with E-state index in [9.17, 15) is 0 Å². The second kappa shape index (κ2) is 7.56. The zero-order valence-electron chi connectivity index (χ0n) is 11.8. The Bertz CT molecular complexity index is 270. The molecule has 0 amide bonds. The van der Waals surface area contributed by atoms with Crippen LogP contribution in [0.15, 0.2) is 4.99 Å². The standard InChI is InChI=1S/C14H27N3.HI/c1-3-5-10-16-13(15-4-2)17-11-14(8-9-14)12-6-7-12;/h12H,3-11H2,1-2H3,(H2,15,16,17);1H. The second-order valence-electron chi connectivity index (χ2n) is 5.61. The Labute approximate surface area is 129 Å². The quantitative estimate of drug-likeness (QED) is 0.315. The molecule has 2 rings (SSSR count). The van der Waals surface area contributed by atoms with Gasteiger partial charge in [-0.2, -0.15) is 0 Å². The fourth-order valence-electron chi connectivity index (χ4n) is 2.51. The second-order valence-corrected chi connectivity index (χ2v) is 5.61. The molecular formula is C14H28IN3. The van der Waals surface area contributed by atoms with E-state index in [1.54, 1.807) is 0 Å². The lowest BCUT2D eigenvalue weighted by atomic mass is 10.0. The monoisotopic (exact) mass is 365 g/mol. The van der Waals surface area contributed by atoms with E-state index >= 15 is 0 Å². The van der Waals surface area contributed by atoms with E-state index in [4.69, 9.17) is 4.99 Å². The van der Waals surface area contributed by atoms with Gasteiger partial charge >= 0.3 is 0 Å². The zero-order valence-corrected chi connectivity index (χ0v) is 14.1. The number of nitrogens with zero attached hydrogens (tertiary/aromatic N) is 1. The van der Waals surface area contributed by atoms with Gasteiger partial charge in [0.05, 0.1) is 0 Å². The van der Waals surface area contributed by atoms with Crippen LogP contribution in [0.3, 0.4) is 0 Å². The molecule has 2 aliphatic carbocycles. The van der Waals surface area contributed by atoms with E-state index in [2.05, 4.69) is 24.5 Å². The van der Waals surface area contributed by atoms with Crippen molar-refractivity contribution in [3.8, 4) is 0 Å². The lowest BCUT2D eigenvalue weighted by molar-refractivity contribution is 0.452. The van der Waals surface area contributed by atoms with Gasteiger partial charge in [0.15, 0.2) is 5.96 Å². The van der Waals surface area contributed by atoms with Crippen LogP contribution >= 0.6 is 24.0 Å². The molecule has 0 unspecified atom stereocenters. The van der Waals surface area contributed by atoms with Crippen molar-refractivity contribution in [1.82, 2.24) is 10.6 Å². The third-order valence-corrected chi connectivity index (χ3v) is 4.05. The van der Waals surface area contributed by atoms with E-state index in [1.165, 1.54) is 38.5 Å². The van der Waals surface area contributed by atoms with Crippen LogP contribution in [0.25, 0.3) is 0 Å². The Hall–Kier alpha value is 0. The summed E-state index contributed by atoms with van der Waals surface area (Å²) < 4.78 is 0. The Morgan fingerprint density at radius 1 is 1.22 bits per heavy atom. The lowest BCUT2D eigenvalue weighted by Gasteiger charge is -2.14. The van der Waals surface area contributed by atoms with E-state index in [0.717, 1.165) is 31.5 Å².